The van der Waals surface area contributed by atoms with E-state index in [-0.39, 0.29) is 10.2 Å². The molecule has 0 aromatic heterocycles. The molecule has 2 saturated carbocycles. The predicted molar refractivity (Wildman–Crippen MR) is 66.8 cm³/mol. The van der Waals surface area contributed by atoms with Crippen molar-refractivity contribution < 1.29 is 4.79 Å². The molecule has 86 valence electrons. The van der Waals surface area contributed by atoms with Gasteiger partial charge in [-0.25, -0.2) is 0 Å². The Kier molecular flexibility index (Phi) is 3.68. The van der Waals surface area contributed by atoms with Gasteiger partial charge in [-0.15, -0.1) is 0 Å². The molecule has 0 N–H and O–H groups in total. The van der Waals surface area contributed by atoms with E-state index in [9.17, 15) is 4.79 Å². The van der Waals surface area contributed by atoms with Crippen LogP contribution in [0.5, 0.6) is 0 Å². The third kappa shape index (κ3) is 2.10. The molecule has 0 saturated heterocycles. The average Bonchev–Trinajstić information content (AvgIpc) is 2.70. The van der Waals surface area contributed by atoms with E-state index in [0.717, 1.165) is 38.5 Å². The van der Waals surface area contributed by atoms with Crippen LogP contribution in [0.25, 0.3) is 0 Å². The molecule has 0 aromatic rings. The average molecular weight is 330 g/mol. The Morgan fingerprint density at radius 2 is 1.73 bits per heavy atom. The van der Waals surface area contributed by atoms with Gasteiger partial charge in [-0.05, 0) is 0 Å². The van der Waals surface area contributed by atoms with Gasteiger partial charge in [0.25, 0.3) is 0 Å². The van der Waals surface area contributed by atoms with E-state index in [1.165, 1.54) is 0 Å². The van der Waals surface area contributed by atoms with Gasteiger partial charge in [0.1, 0.15) is 0 Å². The van der Waals surface area contributed by atoms with E-state index in [1.807, 2.05) is 0 Å². The molecule has 0 amide bonds. The Hall–Kier alpha value is 1.08. The molecule has 1 nitrogen and oxygen atoms in total. The molecule has 2 aliphatic rings. The van der Waals surface area contributed by atoms with Crippen molar-refractivity contribution in [3.63, 3.8) is 0 Å². The molecule has 15 heavy (non-hydrogen) atoms. The number of Topliss-reactive ketones (excluding diaryl/α,β-unsaturated/α-hetero) is 1. The van der Waals surface area contributed by atoms with Gasteiger partial charge in [0, 0.05) is 0 Å². The molecule has 0 bridgehead atoms. The number of hydrogen-bond donors (Lipinski definition) is 0. The van der Waals surface area contributed by atoms with Crippen LogP contribution in [-0.2, 0) is 4.79 Å². The Morgan fingerprint density at radius 3 is 2.13 bits per heavy atom. The summed E-state index contributed by atoms with van der Waals surface area (Å²) >= 11 is 0. The molecule has 1 unspecified atom stereocenters. The molecule has 1 atom stereocenters. The minimum absolute atomic E-state index is 0.0764. The summed E-state index contributed by atoms with van der Waals surface area (Å²) in [6, 6.07) is 0. The maximum atomic E-state index is 11.9. The fourth-order valence-electron chi connectivity index (χ4n) is 3.24. The normalized spacial score (nSPS) is 31.1. The zero-order valence-electron chi connectivity index (χ0n) is 8.57. The summed E-state index contributed by atoms with van der Waals surface area (Å²) in [7, 11) is 15.6. The van der Waals surface area contributed by atoms with Crippen molar-refractivity contribution in [3.8, 4) is 0 Å². The number of hydrogen-bond acceptors (Lipinski definition) is 1. The zero-order chi connectivity index (χ0) is 11.1. The van der Waals surface area contributed by atoms with Crippen molar-refractivity contribution >= 4 is 46.3 Å². The molecule has 0 aromatic carbocycles. The van der Waals surface area contributed by atoms with Crippen LogP contribution in [0.3, 0.4) is 0 Å². The summed E-state index contributed by atoms with van der Waals surface area (Å²) in [5.74, 6) is 0.432. The van der Waals surface area contributed by atoms with Gasteiger partial charge in [0.15, 0.2) is 0 Å². The van der Waals surface area contributed by atoms with Crippen LogP contribution in [-0.4, -0.2) is 16.3 Å². The van der Waals surface area contributed by atoms with Crippen molar-refractivity contribution in [2.24, 2.45) is 5.92 Å². The van der Waals surface area contributed by atoms with Gasteiger partial charge in [-0.2, -0.15) is 0 Å². The van der Waals surface area contributed by atoms with Gasteiger partial charge < -0.3 is 0 Å². The van der Waals surface area contributed by atoms with E-state index >= 15 is 0 Å². The van der Waals surface area contributed by atoms with Crippen molar-refractivity contribution in [1.82, 2.24) is 0 Å². The van der Waals surface area contributed by atoms with E-state index < -0.39 is 10.5 Å². The van der Waals surface area contributed by atoms with Gasteiger partial charge in [-0.3, -0.25) is 0 Å². The number of carbonyl (C=O) groups excluding carboxylic acids is 1. The second kappa shape index (κ2) is 4.40. The monoisotopic (exact) mass is 330 g/mol. The predicted octanol–water partition coefficient (Wildman–Crippen LogP) is 4.33. The van der Waals surface area contributed by atoms with Gasteiger partial charge in [0.05, 0.1) is 0 Å². The molecule has 0 aliphatic heterocycles. The number of ketones is 1. The first kappa shape index (κ1) is 12.5. The summed E-state index contributed by atoms with van der Waals surface area (Å²) in [5, 5.41) is 0. The number of carbonyl (C=O) groups is 1. The van der Waals surface area contributed by atoms with Crippen LogP contribution in [0, 0.1) is 5.92 Å². The Labute approximate surface area is 106 Å². The van der Waals surface area contributed by atoms with Crippen molar-refractivity contribution in [2.45, 2.75) is 49.2 Å². The molecule has 2 aliphatic carbocycles. The Morgan fingerprint density at radius 1 is 1.13 bits per heavy atom. The van der Waals surface area contributed by atoms with Crippen LogP contribution < -0.4 is 0 Å². The second-order valence-corrected chi connectivity index (χ2v) is 20.8. The summed E-state index contributed by atoms with van der Waals surface area (Å²) in [6.45, 7) is 0. The Bertz CT molecular complexity index is 268. The number of halogens is 3. The van der Waals surface area contributed by atoms with Crippen molar-refractivity contribution in [1.29, 1.82) is 0 Å². The third-order valence-corrected chi connectivity index (χ3v) is 14.0. The SMILES string of the molecule is O=C1CCCC1[C]1([Ge]([Cl])([Cl])[Cl])CCCC1. The van der Waals surface area contributed by atoms with Gasteiger partial charge >= 0.3 is 106 Å². The molecule has 0 heterocycles. The van der Waals surface area contributed by atoms with Crippen LogP contribution in [0.2, 0.25) is 4.25 Å². The Balaban J connectivity index is 2.30. The topological polar surface area (TPSA) is 17.1 Å². The fraction of sp³-hybridized carbons (Fsp3) is 0.900. The van der Waals surface area contributed by atoms with Crippen molar-refractivity contribution in [2.75, 3.05) is 0 Å². The van der Waals surface area contributed by atoms with Crippen LogP contribution in [0.1, 0.15) is 44.9 Å². The quantitative estimate of drug-likeness (QED) is 0.689. The van der Waals surface area contributed by atoms with Crippen LogP contribution in [0.15, 0.2) is 0 Å². The first-order valence-electron chi connectivity index (χ1n) is 5.57. The molecular weight excluding hydrogens is 315 g/mol. The second-order valence-electron chi connectivity index (χ2n) is 4.77. The molecule has 2 rings (SSSR count). The van der Waals surface area contributed by atoms with E-state index in [2.05, 4.69) is 0 Å². The third-order valence-electron chi connectivity index (χ3n) is 4.03. The molecule has 0 radical (unpaired) electrons. The molecule has 2 fully saturated rings. The number of rotatable bonds is 2. The molecular formula is C10H15Cl3GeO. The van der Waals surface area contributed by atoms with Gasteiger partial charge in [0.2, 0.25) is 0 Å². The standard InChI is InChI=1S/C10H15Cl3GeO/c11-14(12,13)10(6-1-2-7-10)8-4-3-5-9(8)15/h8H,1-7H2. The van der Waals surface area contributed by atoms with Crippen LogP contribution >= 0.6 is 30.0 Å². The van der Waals surface area contributed by atoms with E-state index in [1.54, 1.807) is 0 Å². The first-order valence-corrected chi connectivity index (χ1v) is 14.9. The van der Waals surface area contributed by atoms with Gasteiger partial charge in [-0.1, -0.05) is 0 Å². The van der Waals surface area contributed by atoms with Crippen LogP contribution in [0.4, 0.5) is 0 Å². The molecule has 0 spiro atoms. The summed E-state index contributed by atoms with van der Waals surface area (Å²) in [4.78, 5) is 11.9. The summed E-state index contributed by atoms with van der Waals surface area (Å²) in [6.07, 6.45) is 6.85. The summed E-state index contributed by atoms with van der Waals surface area (Å²) in [5.41, 5.74) is 0. The first-order chi connectivity index (χ1) is 6.97. The maximum absolute atomic E-state index is 11.9. The van der Waals surface area contributed by atoms with E-state index in [0.29, 0.717) is 12.2 Å². The van der Waals surface area contributed by atoms with Crippen molar-refractivity contribution in [3.05, 3.63) is 0 Å². The fourth-order valence-corrected chi connectivity index (χ4v) is 11.6. The van der Waals surface area contributed by atoms with E-state index in [4.69, 9.17) is 30.0 Å². The zero-order valence-corrected chi connectivity index (χ0v) is 12.9. The summed E-state index contributed by atoms with van der Waals surface area (Å²) < 4.78 is -0.182. The minimum atomic E-state index is -3.31. The molecule has 5 heteroatoms.